The summed E-state index contributed by atoms with van der Waals surface area (Å²) in [6, 6.07) is 34.4. The predicted octanol–water partition coefficient (Wildman–Crippen LogP) is 13.1. The normalized spacial score (nSPS) is 11.7. The van der Waals surface area contributed by atoms with Gasteiger partial charge in [-0.25, -0.2) is 0 Å². The first-order valence-corrected chi connectivity index (χ1v) is 20.0. The van der Waals surface area contributed by atoms with Gasteiger partial charge in [-0.3, -0.25) is 29.0 Å². The number of benzene rings is 6. The molecule has 0 bridgehead atoms. The number of aryl methyl sites for hydroxylation is 4. The largest absolute Gasteiger partial charge is 0.270 e. The second-order valence-electron chi connectivity index (χ2n) is 12.6. The van der Waals surface area contributed by atoms with E-state index in [9.17, 15) is 19.2 Å². The van der Waals surface area contributed by atoms with Gasteiger partial charge in [0.15, 0.2) is 0 Å². The summed E-state index contributed by atoms with van der Waals surface area (Å²) in [5, 5.41) is 3.64. The molecule has 0 spiro atoms. The van der Waals surface area contributed by atoms with Gasteiger partial charge in [-0.2, -0.15) is 0 Å². The number of nitrogens with zero attached hydrogens (tertiary/aromatic N) is 2. The van der Waals surface area contributed by atoms with Crippen LogP contribution in [0.15, 0.2) is 109 Å². The third kappa shape index (κ3) is 10.00. The van der Waals surface area contributed by atoms with Gasteiger partial charge in [0.25, 0.3) is 23.6 Å². The molecular weight excluding hydrogens is 715 g/mol. The quantitative estimate of drug-likeness (QED) is 0.132. The molecular formula is C51H64BN2O4. The molecule has 0 saturated carbocycles. The minimum atomic E-state index is -0.216. The molecule has 4 amide bonds. The van der Waals surface area contributed by atoms with Crippen molar-refractivity contribution in [1.82, 2.24) is 9.80 Å². The van der Waals surface area contributed by atoms with Crippen LogP contribution >= 0.6 is 0 Å². The van der Waals surface area contributed by atoms with Crippen molar-refractivity contribution in [1.29, 1.82) is 0 Å². The van der Waals surface area contributed by atoms with E-state index in [1.165, 1.54) is 9.80 Å². The standard InChI is InChI=1S/2C21H17NO2.4C2H6.CH4.B.H2/c2*1-13-8-10-16-19-17(11-9-14(2)18(13)19)21(24)22(20(16)23)12-15-6-4-3-5-7-15;4*1-2;;;/h2*3-11H,12H2,1-2H3;4*1-2H3;1H4;;1H/i;;;;;;;;1+1. The summed E-state index contributed by atoms with van der Waals surface area (Å²) in [5.74, 6) is -0.863. The average molecular weight is 781 g/mol. The van der Waals surface area contributed by atoms with Crippen molar-refractivity contribution in [2.75, 3.05) is 0 Å². The van der Waals surface area contributed by atoms with Crippen LogP contribution in [0.2, 0.25) is 0 Å². The Kier molecular flexibility index (Phi) is 20.3. The Morgan fingerprint density at radius 1 is 0.362 bits per heavy atom. The maximum absolute atomic E-state index is 12.9. The van der Waals surface area contributed by atoms with Crippen molar-refractivity contribution in [2.24, 2.45) is 0 Å². The Labute approximate surface area is 351 Å². The molecule has 6 nitrogen and oxygen atoms in total. The Hall–Kier alpha value is -5.82. The molecule has 2 heterocycles. The Balaban J connectivity index is 0.000000936. The van der Waals surface area contributed by atoms with Crippen molar-refractivity contribution in [3.63, 3.8) is 0 Å². The first-order valence-electron chi connectivity index (χ1n) is 20.0. The molecule has 0 N–H and O–H groups in total. The van der Waals surface area contributed by atoms with Gasteiger partial charge in [0.2, 0.25) is 0 Å². The summed E-state index contributed by atoms with van der Waals surface area (Å²) < 4.78 is 0. The first kappa shape index (κ1) is 50.2. The number of hydrogen-bond donors (Lipinski definition) is 0. The lowest BCUT2D eigenvalue weighted by molar-refractivity contribution is 0.0583. The molecule has 58 heavy (non-hydrogen) atoms. The summed E-state index contributed by atoms with van der Waals surface area (Å²) in [4.78, 5) is 54.5. The van der Waals surface area contributed by atoms with Gasteiger partial charge in [0, 0.05) is 42.9 Å². The highest BCUT2D eigenvalue weighted by atomic mass is 16.2. The zero-order chi connectivity index (χ0) is 41.7. The molecule has 3 radical (unpaired) electrons. The third-order valence-electron chi connectivity index (χ3n) is 9.42. The molecule has 0 atom stereocenters. The molecule has 305 valence electrons. The number of hydrogen-bond acceptors (Lipinski definition) is 4. The van der Waals surface area contributed by atoms with Gasteiger partial charge in [0.1, 0.15) is 0 Å². The predicted molar refractivity (Wildman–Crippen MR) is 248 cm³/mol. The fourth-order valence-electron chi connectivity index (χ4n) is 7.04. The van der Waals surface area contributed by atoms with Crippen LogP contribution in [-0.4, -0.2) is 41.8 Å². The van der Waals surface area contributed by atoms with Crippen molar-refractivity contribution >= 4 is 53.6 Å². The molecule has 0 aromatic heterocycles. The van der Waals surface area contributed by atoms with Gasteiger partial charge in [-0.15, -0.1) is 0 Å². The van der Waals surface area contributed by atoms with Gasteiger partial charge < -0.3 is 0 Å². The summed E-state index contributed by atoms with van der Waals surface area (Å²) in [6.45, 7) is 24.6. The molecule has 6 aromatic carbocycles. The van der Waals surface area contributed by atoms with E-state index in [0.717, 1.165) is 54.9 Å². The summed E-state index contributed by atoms with van der Waals surface area (Å²) in [7, 11) is 0. The summed E-state index contributed by atoms with van der Waals surface area (Å²) in [5.41, 5.74) is 8.70. The van der Waals surface area contributed by atoms with E-state index in [0.29, 0.717) is 35.3 Å². The Morgan fingerprint density at radius 2 is 0.586 bits per heavy atom. The fourth-order valence-corrected chi connectivity index (χ4v) is 7.04. The van der Waals surface area contributed by atoms with Crippen molar-refractivity contribution in [2.45, 2.75) is 104 Å². The van der Waals surface area contributed by atoms with Crippen molar-refractivity contribution in [3.8, 4) is 0 Å². The topological polar surface area (TPSA) is 74.8 Å². The fraction of sp³-hybridized carbons (Fsp3) is 0.294. The first-order chi connectivity index (χ1) is 27.2. The highest BCUT2D eigenvalue weighted by Gasteiger charge is 2.34. The Bertz CT molecular complexity index is 2050. The summed E-state index contributed by atoms with van der Waals surface area (Å²) >= 11 is 0. The van der Waals surface area contributed by atoms with Crippen LogP contribution in [0.4, 0.5) is 0 Å². The van der Waals surface area contributed by atoms with Gasteiger partial charge >= 0.3 is 0 Å². The highest BCUT2D eigenvalue weighted by Crippen LogP contribution is 2.36. The summed E-state index contributed by atoms with van der Waals surface area (Å²) in [6.07, 6.45) is 0. The maximum Gasteiger partial charge on any atom is 0.261 e. The van der Waals surface area contributed by atoms with Crippen LogP contribution in [0.5, 0.6) is 0 Å². The number of carbonyl (C=O) groups excluding carboxylic acids is 4. The molecule has 0 aliphatic carbocycles. The van der Waals surface area contributed by atoms with Gasteiger partial charge in [0.05, 0.1) is 13.1 Å². The molecule has 0 unspecified atom stereocenters. The monoisotopic (exact) mass is 781 g/mol. The number of carbonyl (C=O) groups is 4. The maximum atomic E-state index is 12.9. The molecule has 0 fully saturated rings. The minimum Gasteiger partial charge on any atom is -0.270 e. The second kappa shape index (κ2) is 23.4. The van der Waals surface area contributed by atoms with E-state index < -0.39 is 0 Å². The van der Waals surface area contributed by atoms with E-state index in [1.54, 1.807) is 0 Å². The molecule has 2 aliphatic heterocycles. The lowest BCUT2D eigenvalue weighted by Crippen LogP contribution is -2.39. The zero-order valence-electron chi connectivity index (χ0n) is 35.9. The van der Waals surface area contributed by atoms with Crippen LogP contribution in [0, 0.1) is 27.7 Å². The van der Waals surface area contributed by atoms with Crippen molar-refractivity contribution < 1.29 is 20.6 Å². The number of imide groups is 2. The average Bonchev–Trinajstić information content (AvgIpc) is 3.24. The van der Waals surface area contributed by atoms with Crippen LogP contribution in [0.1, 0.15) is 139 Å². The van der Waals surface area contributed by atoms with Crippen LogP contribution < -0.4 is 0 Å². The molecule has 6 aromatic rings. The Morgan fingerprint density at radius 3 is 0.810 bits per heavy atom. The van der Waals surface area contributed by atoms with Crippen molar-refractivity contribution in [3.05, 3.63) is 165 Å². The minimum absolute atomic E-state index is 0. The third-order valence-corrected chi connectivity index (χ3v) is 9.42. The van der Waals surface area contributed by atoms with Gasteiger partial charge in [-0.1, -0.05) is 148 Å². The number of rotatable bonds is 4. The van der Waals surface area contributed by atoms with E-state index >= 15 is 0 Å². The molecule has 2 aliphatic rings. The SMILES string of the molecule is C.CC.CC.CC.CC.Cc1ccc2c3c(ccc(C)c13)C(=O)N(Cc1ccccc1)C2=O.Cc1ccc2c3c(ccc(C)c13)C(=O)N(Cc1ccccc1)C2=O.[2HH].[B]. The van der Waals surface area contributed by atoms with Crippen LogP contribution in [0.3, 0.4) is 0 Å². The second-order valence-corrected chi connectivity index (χ2v) is 12.6. The number of amides is 4. The van der Waals surface area contributed by atoms with Crippen LogP contribution in [-0.2, 0) is 13.1 Å². The van der Waals surface area contributed by atoms with E-state index in [-0.39, 0.29) is 40.9 Å². The van der Waals surface area contributed by atoms with E-state index in [4.69, 9.17) is 0 Å². The lowest BCUT2D eigenvalue weighted by Gasteiger charge is -2.28. The zero-order valence-corrected chi connectivity index (χ0v) is 35.9. The lowest BCUT2D eigenvalue weighted by atomic mass is 9.89. The van der Waals surface area contributed by atoms with E-state index in [2.05, 4.69) is 0 Å². The van der Waals surface area contributed by atoms with Gasteiger partial charge in [-0.05, 0) is 96.1 Å². The molecule has 0 saturated heterocycles. The van der Waals surface area contributed by atoms with E-state index in [1.807, 2.05) is 192 Å². The smallest absolute Gasteiger partial charge is 0.261 e. The highest BCUT2D eigenvalue weighted by molar-refractivity contribution is 6.27. The molecule has 7 heteroatoms. The van der Waals surface area contributed by atoms with Crippen LogP contribution in [0.25, 0.3) is 21.5 Å². The molecule has 8 rings (SSSR count).